The van der Waals surface area contributed by atoms with Gasteiger partial charge in [-0.05, 0) is 43.2 Å². The highest BCUT2D eigenvalue weighted by Gasteiger charge is 2.24. The number of aryl methyl sites for hydroxylation is 1. The molecule has 1 saturated heterocycles. The molecule has 0 bridgehead atoms. The van der Waals surface area contributed by atoms with Crippen molar-refractivity contribution in [1.29, 1.82) is 0 Å². The standard InChI is InChI=1S/C27H38N4O6/c1-3-4-9-28-27(33)30(11-10-29-12-14-34-15-13-29)19-26(32)31(18-23-7-5-21(2)37-23)17-22-6-8-24-25(16-22)36-20-35-24/h5-8,16H,3-4,9-15,17-20H2,1-2H3,(H,28,33). The van der Waals surface area contributed by atoms with Crippen molar-refractivity contribution in [2.75, 3.05) is 59.3 Å². The van der Waals surface area contributed by atoms with E-state index in [-0.39, 0.29) is 25.3 Å². The van der Waals surface area contributed by atoms with E-state index in [1.165, 1.54) is 0 Å². The molecule has 202 valence electrons. The average Bonchev–Trinajstić information content (AvgIpc) is 3.54. The van der Waals surface area contributed by atoms with E-state index < -0.39 is 0 Å². The van der Waals surface area contributed by atoms with E-state index in [0.29, 0.717) is 63.2 Å². The molecule has 1 fully saturated rings. The van der Waals surface area contributed by atoms with Gasteiger partial charge in [0, 0.05) is 39.3 Å². The summed E-state index contributed by atoms with van der Waals surface area (Å²) in [6, 6.07) is 9.22. The van der Waals surface area contributed by atoms with Gasteiger partial charge in [0.2, 0.25) is 12.7 Å². The Balaban J connectivity index is 1.46. The first kappa shape index (κ1) is 26.8. The van der Waals surface area contributed by atoms with Crippen molar-refractivity contribution in [2.24, 2.45) is 0 Å². The lowest BCUT2D eigenvalue weighted by Gasteiger charge is -2.31. The summed E-state index contributed by atoms with van der Waals surface area (Å²) < 4.78 is 22.1. The topological polar surface area (TPSA) is 96.7 Å². The fourth-order valence-electron chi connectivity index (χ4n) is 4.34. The number of amides is 3. The Labute approximate surface area is 218 Å². The molecule has 3 amide bonds. The third-order valence-corrected chi connectivity index (χ3v) is 6.52. The molecule has 10 heteroatoms. The highest BCUT2D eigenvalue weighted by molar-refractivity contribution is 5.84. The Bertz CT molecular complexity index is 1040. The number of fused-ring (bicyclic) bond motifs is 1. The van der Waals surface area contributed by atoms with Crippen LogP contribution in [0.4, 0.5) is 4.79 Å². The zero-order valence-electron chi connectivity index (χ0n) is 21.9. The van der Waals surface area contributed by atoms with Gasteiger partial charge in [-0.3, -0.25) is 9.69 Å². The van der Waals surface area contributed by atoms with Gasteiger partial charge < -0.3 is 33.7 Å². The van der Waals surface area contributed by atoms with Gasteiger partial charge in [-0.15, -0.1) is 0 Å². The molecule has 0 spiro atoms. The van der Waals surface area contributed by atoms with E-state index in [1.54, 1.807) is 9.80 Å². The summed E-state index contributed by atoms with van der Waals surface area (Å²) in [5.41, 5.74) is 0.910. The van der Waals surface area contributed by atoms with Crippen LogP contribution in [0.2, 0.25) is 0 Å². The Morgan fingerprint density at radius 3 is 2.59 bits per heavy atom. The van der Waals surface area contributed by atoms with E-state index >= 15 is 0 Å². The first-order valence-corrected chi connectivity index (χ1v) is 13.1. The normalized spacial score (nSPS) is 15.0. The molecule has 0 unspecified atom stereocenters. The number of nitrogens with zero attached hydrogens (tertiary/aromatic N) is 3. The van der Waals surface area contributed by atoms with Crippen LogP contribution in [0.1, 0.15) is 36.8 Å². The first-order chi connectivity index (χ1) is 18.0. The molecule has 1 aromatic heterocycles. The summed E-state index contributed by atoms with van der Waals surface area (Å²) in [5, 5.41) is 2.97. The molecule has 2 aliphatic heterocycles. The second kappa shape index (κ2) is 13.3. The molecule has 0 atom stereocenters. The van der Waals surface area contributed by atoms with Crippen molar-refractivity contribution in [1.82, 2.24) is 20.0 Å². The lowest BCUT2D eigenvalue weighted by atomic mass is 10.2. The summed E-state index contributed by atoms with van der Waals surface area (Å²) >= 11 is 0. The van der Waals surface area contributed by atoms with Crippen molar-refractivity contribution in [3.05, 3.63) is 47.4 Å². The predicted molar refractivity (Wildman–Crippen MR) is 137 cm³/mol. The van der Waals surface area contributed by atoms with E-state index in [9.17, 15) is 9.59 Å². The van der Waals surface area contributed by atoms with E-state index in [0.717, 1.165) is 37.3 Å². The average molecular weight is 515 g/mol. The largest absolute Gasteiger partial charge is 0.464 e. The molecular weight excluding hydrogens is 476 g/mol. The molecule has 4 rings (SSSR count). The summed E-state index contributed by atoms with van der Waals surface area (Å²) in [4.78, 5) is 32.3. The molecule has 0 aliphatic carbocycles. The Morgan fingerprint density at radius 1 is 1.03 bits per heavy atom. The van der Waals surface area contributed by atoms with Crippen LogP contribution in [0.5, 0.6) is 11.5 Å². The summed E-state index contributed by atoms with van der Waals surface area (Å²) in [5.74, 6) is 2.69. The van der Waals surface area contributed by atoms with Crippen molar-refractivity contribution >= 4 is 11.9 Å². The Kier molecular flexibility index (Phi) is 9.67. The summed E-state index contributed by atoms with van der Waals surface area (Å²) in [6.07, 6.45) is 1.88. The number of benzene rings is 1. The molecule has 3 heterocycles. The van der Waals surface area contributed by atoms with E-state index in [1.807, 2.05) is 37.3 Å². The molecule has 0 saturated carbocycles. The zero-order chi connectivity index (χ0) is 26.0. The van der Waals surface area contributed by atoms with Gasteiger partial charge in [0.1, 0.15) is 18.1 Å². The minimum atomic E-state index is -0.216. The van der Waals surface area contributed by atoms with Gasteiger partial charge in [0.15, 0.2) is 11.5 Å². The molecule has 2 aromatic rings. The third-order valence-electron chi connectivity index (χ3n) is 6.52. The van der Waals surface area contributed by atoms with Crippen molar-refractivity contribution in [3.8, 4) is 11.5 Å². The van der Waals surface area contributed by atoms with Crippen molar-refractivity contribution in [3.63, 3.8) is 0 Å². The molecule has 1 aromatic carbocycles. The van der Waals surface area contributed by atoms with Gasteiger partial charge in [-0.2, -0.15) is 0 Å². The summed E-state index contributed by atoms with van der Waals surface area (Å²) in [6.45, 7) is 9.55. The number of ether oxygens (including phenoxy) is 3. The number of hydrogen-bond acceptors (Lipinski definition) is 7. The maximum Gasteiger partial charge on any atom is 0.317 e. The molecule has 1 N–H and O–H groups in total. The molecule has 37 heavy (non-hydrogen) atoms. The minimum Gasteiger partial charge on any atom is -0.464 e. The Morgan fingerprint density at radius 2 is 1.84 bits per heavy atom. The van der Waals surface area contributed by atoms with Crippen LogP contribution < -0.4 is 14.8 Å². The number of carbonyl (C=O) groups excluding carboxylic acids is 2. The minimum absolute atomic E-state index is 0.0213. The van der Waals surface area contributed by atoms with Crippen LogP contribution in [0.25, 0.3) is 0 Å². The Hall–Kier alpha value is -3.24. The quantitative estimate of drug-likeness (QED) is 0.435. The monoisotopic (exact) mass is 514 g/mol. The van der Waals surface area contributed by atoms with Crippen molar-refractivity contribution in [2.45, 2.75) is 39.8 Å². The van der Waals surface area contributed by atoms with Crippen LogP contribution in [-0.4, -0.2) is 85.9 Å². The number of urea groups is 1. The predicted octanol–water partition coefficient (Wildman–Crippen LogP) is 2.99. The number of furan rings is 1. The zero-order valence-corrected chi connectivity index (χ0v) is 21.9. The lowest BCUT2D eigenvalue weighted by molar-refractivity contribution is -0.133. The molecular formula is C27H38N4O6. The fraction of sp³-hybridized carbons (Fsp3) is 0.556. The second-order valence-corrected chi connectivity index (χ2v) is 9.41. The number of unbranched alkanes of at least 4 members (excludes halogenated alkanes) is 1. The number of nitrogens with one attached hydrogen (secondary N) is 1. The lowest BCUT2D eigenvalue weighted by Crippen LogP contribution is -2.50. The highest BCUT2D eigenvalue weighted by Crippen LogP contribution is 2.33. The molecule has 2 aliphatic rings. The SMILES string of the molecule is CCCCNC(=O)N(CCN1CCOCC1)CC(=O)N(Cc1ccc2c(c1)OCO2)Cc1ccc(C)o1. The number of carbonyl (C=O) groups is 2. The van der Waals surface area contributed by atoms with Gasteiger partial charge in [-0.1, -0.05) is 19.4 Å². The van der Waals surface area contributed by atoms with Crippen LogP contribution in [-0.2, 0) is 22.6 Å². The third kappa shape index (κ3) is 7.87. The second-order valence-electron chi connectivity index (χ2n) is 9.41. The fourth-order valence-corrected chi connectivity index (χ4v) is 4.34. The summed E-state index contributed by atoms with van der Waals surface area (Å²) in [7, 11) is 0. The maximum absolute atomic E-state index is 13.7. The smallest absolute Gasteiger partial charge is 0.317 e. The number of rotatable bonds is 12. The number of morpholine rings is 1. The number of hydrogen-bond donors (Lipinski definition) is 1. The van der Waals surface area contributed by atoms with E-state index in [4.69, 9.17) is 18.6 Å². The van der Waals surface area contributed by atoms with Crippen LogP contribution in [0, 0.1) is 6.92 Å². The maximum atomic E-state index is 13.7. The van der Waals surface area contributed by atoms with Gasteiger partial charge in [0.25, 0.3) is 0 Å². The molecule has 10 nitrogen and oxygen atoms in total. The van der Waals surface area contributed by atoms with Gasteiger partial charge >= 0.3 is 6.03 Å². The van der Waals surface area contributed by atoms with Crippen LogP contribution >= 0.6 is 0 Å². The van der Waals surface area contributed by atoms with E-state index in [2.05, 4.69) is 17.1 Å². The highest BCUT2D eigenvalue weighted by atomic mass is 16.7. The first-order valence-electron chi connectivity index (χ1n) is 13.1. The van der Waals surface area contributed by atoms with Gasteiger partial charge in [-0.25, -0.2) is 4.79 Å². The van der Waals surface area contributed by atoms with Gasteiger partial charge in [0.05, 0.1) is 19.8 Å². The van der Waals surface area contributed by atoms with Crippen LogP contribution in [0.3, 0.4) is 0 Å². The van der Waals surface area contributed by atoms with Crippen molar-refractivity contribution < 1.29 is 28.2 Å². The van der Waals surface area contributed by atoms with Crippen LogP contribution in [0.15, 0.2) is 34.7 Å². The molecule has 0 radical (unpaired) electrons.